The molecule has 3 fully saturated rings. The topological polar surface area (TPSA) is 57.7 Å². The molecule has 0 unspecified atom stereocenters. The third-order valence-corrected chi connectivity index (χ3v) is 9.07. The van der Waals surface area contributed by atoms with Crippen LogP contribution in [0, 0.1) is 17.8 Å². The molecule has 2 saturated heterocycles. The Balaban J connectivity index is 1.57. The minimum absolute atomic E-state index is 0.0219. The minimum Gasteiger partial charge on any atom is -0.339 e. The fourth-order valence-corrected chi connectivity index (χ4v) is 5.76. The summed E-state index contributed by atoms with van der Waals surface area (Å²) in [6.07, 6.45) is 3.32. The van der Waals surface area contributed by atoms with Crippen LogP contribution < -0.4 is 4.90 Å². The van der Waals surface area contributed by atoms with Crippen molar-refractivity contribution in [3.05, 3.63) is 29.8 Å². The highest BCUT2D eigenvalue weighted by atomic mass is 79.9. The summed E-state index contributed by atoms with van der Waals surface area (Å²) in [4.78, 5) is 42.4. The van der Waals surface area contributed by atoms with Crippen molar-refractivity contribution in [1.82, 2.24) is 4.90 Å². The molecule has 0 N–H and O–H groups in total. The monoisotopic (exact) mass is 510 g/mol. The first-order valence-corrected chi connectivity index (χ1v) is 11.7. The molecule has 2 aliphatic heterocycles. The molecule has 0 bridgehead atoms. The first-order chi connectivity index (χ1) is 13.4. The van der Waals surface area contributed by atoms with Gasteiger partial charge in [-0.25, -0.2) is 0 Å². The first kappa shape index (κ1) is 20.1. The zero-order chi connectivity index (χ0) is 20.0. The van der Waals surface area contributed by atoms with Crippen LogP contribution >= 0.6 is 31.9 Å². The SMILES string of the molecule is CC1CCN(C(=O)c2cccc(N3C(=O)[C@H]4C[C@@H](Br)[C@@H](Br)C[C@H]4C3=O)c2)CC1. The molecule has 7 heteroatoms. The van der Waals surface area contributed by atoms with E-state index in [1.165, 1.54) is 4.90 Å². The van der Waals surface area contributed by atoms with E-state index in [0.29, 0.717) is 30.0 Å². The number of anilines is 1. The van der Waals surface area contributed by atoms with Crippen LogP contribution in [0.5, 0.6) is 0 Å². The number of carbonyl (C=O) groups excluding carboxylic acids is 3. The van der Waals surface area contributed by atoms with E-state index >= 15 is 0 Å². The summed E-state index contributed by atoms with van der Waals surface area (Å²) in [5.41, 5.74) is 1.05. The first-order valence-electron chi connectivity index (χ1n) is 9.92. The second-order valence-corrected chi connectivity index (χ2v) is 10.6. The molecule has 150 valence electrons. The van der Waals surface area contributed by atoms with Gasteiger partial charge in [-0.2, -0.15) is 0 Å². The number of rotatable bonds is 2. The van der Waals surface area contributed by atoms with Crippen molar-refractivity contribution >= 4 is 55.3 Å². The van der Waals surface area contributed by atoms with Gasteiger partial charge >= 0.3 is 0 Å². The molecule has 1 aromatic carbocycles. The number of carbonyl (C=O) groups is 3. The van der Waals surface area contributed by atoms with E-state index in [2.05, 4.69) is 38.8 Å². The number of alkyl halides is 2. The average Bonchev–Trinajstić information content (AvgIpc) is 2.92. The van der Waals surface area contributed by atoms with Gasteiger partial charge in [0.2, 0.25) is 11.8 Å². The maximum atomic E-state index is 13.0. The molecule has 1 aliphatic carbocycles. The second kappa shape index (κ2) is 7.90. The van der Waals surface area contributed by atoms with E-state index < -0.39 is 0 Å². The molecule has 3 aliphatic rings. The molecule has 2 heterocycles. The molecule has 0 radical (unpaired) electrons. The lowest BCUT2D eigenvalue weighted by atomic mass is 9.81. The Morgan fingerprint density at radius 3 is 2.14 bits per heavy atom. The van der Waals surface area contributed by atoms with Gasteiger partial charge < -0.3 is 4.90 Å². The largest absolute Gasteiger partial charge is 0.339 e. The van der Waals surface area contributed by atoms with Crippen molar-refractivity contribution in [1.29, 1.82) is 0 Å². The molecule has 1 aromatic rings. The zero-order valence-corrected chi connectivity index (χ0v) is 19.0. The Bertz CT molecular complexity index is 779. The van der Waals surface area contributed by atoms with Gasteiger partial charge in [-0.1, -0.05) is 44.8 Å². The highest BCUT2D eigenvalue weighted by molar-refractivity contribution is 9.12. The molecular formula is C21H24Br2N2O3. The van der Waals surface area contributed by atoms with E-state index in [-0.39, 0.29) is 39.2 Å². The molecule has 4 rings (SSSR count). The van der Waals surface area contributed by atoms with E-state index in [1.807, 2.05) is 4.90 Å². The fraction of sp³-hybridized carbons (Fsp3) is 0.571. The van der Waals surface area contributed by atoms with Crippen LogP contribution in [-0.4, -0.2) is 45.4 Å². The Labute approximate surface area is 182 Å². The van der Waals surface area contributed by atoms with Gasteiger partial charge in [0.25, 0.3) is 5.91 Å². The molecule has 0 spiro atoms. The normalized spacial score (nSPS) is 31.2. The number of fused-ring (bicyclic) bond motifs is 1. The summed E-state index contributed by atoms with van der Waals surface area (Å²) in [7, 11) is 0. The number of hydrogen-bond donors (Lipinski definition) is 0. The number of piperidine rings is 1. The Morgan fingerprint density at radius 1 is 1.00 bits per heavy atom. The van der Waals surface area contributed by atoms with Gasteiger partial charge in [-0.15, -0.1) is 0 Å². The Hall–Kier alpha value is -1.21. The average molecular weight is 512 g/mol. The van der Waals surface area contributed by atoms with Gasteiger partial charge in [-0.05, 0) is 49.8 Å². The summed E-state index contributed by atoms with van der Waals surface area (Å²) in [6.45, 7) is 3.73. The van der Waals surface area contributed by atoms with Gasteiger partial charge in [0.05, 0.1) is 17.5 Å². The van der Waals surface area contributed by atoms with Crippen molar-refractivity contribution in [2.45, 2.75) is 42.3 Å². The number of benzene rings is 1. The van der Waals surface area contributed by atoms with E-state index in [1.54, 1.807) is 24.3 Å². The van der Waals surface area contributed by atoms with E-state index in [0.717, 1.165) is 25.9 Å². The van der Waals surface area contributed by atoms with Crippen molar-refractivity contribution in [2.75, 3.05) is 18.0 Å². The standard InChI is InChI=1S/C21H24Br2N2O3/c1-12-5-7-24(8-6-12)19(26)13-3-2-4-14(9-13)25-20(27)15-10-17(22)18(23)11-16(15)21(25)28/h2-4,9,12,15-18H,5-8,10-11H2,1H3/t15-,16+,17+,18-. The van der Waals surface area contributed by atoms with Crippen molar-refractivity contribution in [2.24, 2.45) is 17.8 Å². The lowest BCUT2D eigenvalue weighted by Crippen LogP contribution is -2.38. The second-order valence-electron chi connectivity index (χ2n) is 8.25. The molecular weight excluding hydrogens is 488 g/mol. The lowest BCUT2D eigenvalue weighted by molar-refractivity contribution is -0.122. The third-order valence-electron chi connectivity index (χ3n) is 6.33. The van der Waals surface area contributed by atoms with Gasteiger partial charge in [0.15, 0.2) is 0 Å². The number of likely N-dealkylation sites (tertiary alicyclic amines) is 1. The Morgan fingerprint density at radius 2 is 1.57 bits per heavy atom. The lowest BCUT2D eigenvalue weighted by Gasteiger charge is -2.30. The molecule has 1 saturated carbocycles. The summed E-state index contributed by atoms with van der Waals surface area (Å²) >= 11 is 7.23. The number of nitrogens with zero attached hydrogens (tertiary/aromatic N) is 2. The highest BCUT2D eigenvalue weighted by Gasteiger charge is 2.52. The van der Waals surface area contributed by atoms with Gasteiger partial charge in [0.1, 0.15) is 0 Å². The fourth-order valence-electron chi connectivity index (χ4n) is 4.52. The maximum absolute atomic E-state index is 13.0. The van der Waals surface area contributed by atoms with Gasteiger partial charge in [0, 0.05) is 28.3 Å². The van der Waals surface area contributed by atoms with E-state index in [4.69, 9.17) is 0 Å². The summed E-state index contributed by atoms with van der Waals surface area (Å²) in [6, 6.07) is 6.98. The number of imide groups is 1. The summed E-state index contributed by atoms with van der Waals surface area (Å²) in [5.74, 6) is -0.228. The number of amides is 3. The molecule has 4 atom stereocenters. The summed E-state index contributed by atoms with van der Waals surface area (Å²) < 4.78 is 0. The minimum atomic E-state index is -0.284. The van der Waals surface area contributed by atoms with Crippen molar-refractivity contribution in [3.63, 3.8) is 0 Å². The molecule has 3 amide bonds. The summed E-state index contributed by atoms with van der Waals surface area (Å²) in [5, 5.41) is 0. The van der Waals surface area contributed by atoms with Gasteiger partial charge in [-0.3, -0.25) is 19.3 Å². The number of halogens is 2. The van der Waals surface area contributed by atoms with Crippen LogP contribution in [0.2, 0.25) is 0 Å². The van der Waals surface area contributed by atoms with Crippen molar-refractivity contribution < 1.29 is 14.4 Å². The third kappa shape index (κ3) is 3.56. The zero-order valence-electron chi connectivity index (χ0n) is 15.8. The smallest absolute Gasteiger partial charge is 0.253 e. The predicted molar refractivity (Wildman–Crippen MR) is 115 cm³/mol. The molecule has 0 aromatic heterocycles. The number of hydrogen-bond acceptors (Lipinski definition) is 3. The van der Waals surface area contributed by atoms with Crippen molar-refractivity contribution in [3.8, 4) is 0 Å². The van der Waals surface area contributed by atoms with Crippen LogP contribution in [0.1, 0.15) is 43.0 Å². The van der Waals surface area contributed by atoms with Crippen LogP contribution in [0.4, 0.5) is 5.69 Å². The quantitative estimate of drug-likeness (QED) is 0.445. The Kier molecular flexibility index (Phi) is 5.67. The highest BCUT2D eigenvalue weighted by Crippen LogP contribution is 2.44. The van der Waals surface area contributed by atoms with E-state index in [9.17, 15) is 14.4 Å². The van der Waals surface area contributed by atoms with Crippen LogP contribution in [0.25, 0.3) is 0 Å². The maximum Gasteiger partial charge on any atom is 0.253 e. The van der Waals surface area contributed by atoms with Crippen LogP contribution in [0.3, 0.4) is 0 Å². The van der Waals surface area contributed by atoms with Crippen LogP contribution in [-0.2, 0) is 9.59 Å². The molecule has 28 heavy (non-hydrogen) atoms. The predicted octanol–water partition coefficient (Wildman–Crippen LogP) is 3.99. The van der Waals surface area contributed by atoms with Crippen LogP contribution in [0.15, 0.2) is 24.3 Å². The molecule has 5 nitrogen and oxygen atoms in total.